The zero-order chi connectivity index (χ0) is 25.5. The molecule has 1 unspecified atom stereocenters. The summed E-state index contributed by atoms with van der Waals surface area (Å²) in [6, 6.07) is 11.9. The van der Waals surface area contributed by atoms with Gasteiger partial charge in [-0.1, -0.05) is 12.1 Å². The number of nitrogens with one attached hydrogen (secondary N) is 1. The number of allylic oxidation sites excluding steroid dienone is 3. The van der Waals surface area contributed by atoms with Crippen molar-refractivity contribution >= 4 is 11.8 Å². The Morgan fingerprint density at radius 2 is 1.86 bits per heavy atom. The molecule has 0 bridgehead atoms. The summed E-state index contributed by atoms with van der Waals surface area (Å²) >= 11 is 0. The fraction of sp³-hybridized carbons (Fsp3) is 0.286. The van der Waals surface area contributed by atoms with Crippen molar-refractivity contribution in [3.8, 4) is 16.9 Å². The van der Waals surface area contributed by atoms with Crippen molar-refractivity contribution in [1.29, 1.82) is 0 Å². The van der Waals surface area contributed by atoms with Gasteiger partial charge in [-0.2, -0.15) is 0 Å². The Labute approximate surface area is 211 Å². The molecule has 1 atom stereocenters. The molecule has 2 amide bonds. The molecule has 0 spiro atoms. The molecule has 0 aliphatic carbocycles. The summed E-state index contributed by atoms with van der Waals surface area (Å²) in [5, 5.41) is 2.86. The van der Waals surface area contributed by atoms with Gasteiger partial charge in [-0.15, -0.1) is 0 Å². The predicted octanol–water partition coefficient (Wildman–Crippen LogP) is 2.43. The minimum atomic E-state index is -0.244. The van der Waals surface area contributed by atoms with E-state index in [0.717, 1.165) is 28.0 Å². The SMILES string of the molecule is Cc1cc(-c2ccc(C(=O)N3CCOCC3)cc2)cc2c1OC(CNC(=O)/C=C/C(N)=C/C=C\N)C2. The summed E-state index contributed by atoms with van der Waals surface area (Å²) < 4.78 is 11.5. The summed E-state index contributed by atoms with van der Waals surface area (Å²) in [7, 11) is 0. The van der Waals surface area contributed by atoms with Crippen molar-refractivity contribution in [2.75, 3.05) is 32.8 Å². The van der Waals surface area contributed by atoms with Crippen molar-refractivity contribution in [3.63, 3.8) is 0 Å². The lowest BCUT2D eigenvalue weighted by atomic mass is 9.97. The summed E-state index contributed by atoms with van der Waals surface area (Å²) in [5.74, 6) is 0.661. The maximum Gasteiger partial charge on any atom is 0.254 e. The average molecular weight is 489 g/mol. The van der Waals surface area contributed by atoms with Gasteiger partial charge in [0.05, 0.1) is 19.8 Å². The Balaban J connectivity index is 1.37. The summed E-state index contributed by atoms with van der Waals surface area (Å²) in [6.07, 6.45) is 8.03. The number of nitrogens with zero attached hydrogens (tertiary/aromatic N) is 1. The van der Waals surface area contributed by atoms with E-state index < -0.39 is 0 Å². The molecule has 1 saturated heterocycles. The molecule has 36 heavy (non-hydrogen) atoms. The van der Waals surface area contributed by atoms with Crippen LogP contribution in [0.4, 0.5) is 0 Å². The number of morpholine rings is 1. The van der Waals surface area contributed by atoms with E-state index in [1.807, 2.05) is 36.1 Å². The van der Waals surface area contributed by atoms with Gasteiger partial charge in [-0.05, 0) is 77.9 Å². The molecule has 2 aliphatic heterocycles. The second-order valence-electron chi connectivity index (χ2n) is 8.84. The smallest absolute Gasteiger partial charge is 0.254 e. The van der Waals surface area contributed by atoms with Crippen LogP contribution < -0.4 is 21.5 Å². The summed E-state index contributed by atoms with van der Waals surface area (Å²) in [6.45, 7) is 4.83. The second kappa shape index (κ2) is 11.6. The quantitative estimate of drug-likeness (QED) is 0.407. The highest BCUT2D eigenvalue weighted by Gasteiger charge is 2.25. The molecular formula is C28H32N4O4. The molecule has 0 saturated carbocycles. The highest BCUT2D eigenvalue weighted by Crippen LogP contribution is 2.36. The zero-order valence-corrected chi connectivity index (χ0v) is 20.4. The number of ether oxygens (including phenoxy) is 2. The Morgan fingerprint density at radius 3 is 2.58 bits per heavy atom. The number of rotatable bonds is 7. The topological polar surface area (TPSA) is 120 Å². The summed E-state index contributed by atoms with van der Waals surface area (Å²) in [5.41, 5.74) is 16.4. The largest absolute Gasteiger partial charge is 0.488 e. The predicted molar refractivity (Wildman–Crippen MR) is 139 cm³/mol. The molecule has 188 valence electrons. The van der Waals surface area contributed by atoms with Crippen LogP contribution in [0.1, 0.15) is 21.5 Å². The van der Waals surface area contributed by atoms with Crippen LogP contribution in [0.3, 0.4) is 0 Å². The van der Waals surface area contributed by atoms with Gasteiger partial charge in [0, 0.05) is 36.8 Å². The van der Waals surface area contributed by atoms with Gasteiger partial charge in [0.15, 0.2) is 0 Å². The number of fused-ring (bicyclic) bond motifs is 1. The number of carbonyl (C=O) groups excluding carboxylic acids is 2. The molecular weight excluding hydrogens is 456 g/mol. The number of carbonyl (C=O) groups is 2. The van der Waals surface area contributed by atoms with Crippen molar-refractivity contribution in [2.45, 2.75) is 19.4 Å². The first-order valence-electron chi connectivity index (χ1n) is 12.0. The van der Waals surface area contributed by atoms with E-state index in [1.54, 1.807) is 12.2 Å². The molecule has 2 aromatic carbocycles. The standard InChI is InChI=1S/C28H32N4O4/c1-19-15-22(20-4-6-21(7-5-20)28(34)32-11-13-35-14-12-32)16-23-17-25(36-27(19)23)18-31-26(33)9-8-24(30)3-2-10-29/h2-10,15-16,25H,11-14,17-18,29-30H2,1H3,(H,31,33)/b9-8+,10-2-,24-3-. The van der Waals surface area contributed by atoms with Crippen LogP contribution >= 0.6 is 0 Å². The van der Waals surface area contributed by atoms with Crippen LogP contribution in [0.2, 0.25) is 0 Å². The van der Waals surface area contributed by atoms with E-state index in [0.29, 0.717) is 50.5 Å². The lowest BCUT2D eigenvalue weighted by Crippen LogP contribution is -2.40. The first-order valence-corrected chi connectivity index (χ1v) is 12.0. The Morgan fingerprint density at radius 1 is 1.11 bits per heavy atom. The molecule has 5 N–H and O–H groups in total. The monoisotopic (exact) mass is 488 g/mol. The molecule has 8 heteroatoms. The van der Waals surface area contributed by atoms with Gasteiger partial charge in [-0.3, -0.25) is 9.59 Å². The number of hydrogen-bond donors (Lipinski definition) is 3. The number of hydrogen-bond acceptors (Lipinski definition) is 6. The molecule has 4 rings (SSSR count). The highest BCUT2D eigenvalue weighted by molar-refractivity contribution is 5.94. The number of aryl methyl sites for hydroxylation is 1. The van der Waals surface area contributed by atoms with Gasteiger partial charge in [0.1, 0.15) is 11.9 Å². The fourth-order valence-corrected chi connectivity index (χ4v) is 4.32. The van der Waals surface area contributed by atoms with Crippen LogP contribution in [0.15, 0.2) is 72.6 Å². The minimum Gasteiger partial charge on any atom is -0.488 e. The normalized spacial score (nSPS) is 17.9. The Hall–Kier alpha value is -4.04. The molecule has 0 aromatic heterocycles. The summed E-state index contributed by atoms with van der Waals surface area (Å²) in [4.78, 5) is 26.7. The number of amides is 2. The lowest BCUT2D eigenvalue weighted by molar-refractivity contribution is -0.116. The van der Waals surface area contributed by atoms with E-state index in [2.05, 4.69) is 17.4 Å². The van der Waals surface area contributed by atoms with E-state index in [9.17, 15) is 9.59 Å². The van der Waals surface area contributed by atoms with Crippen molar-refractivity contribution in [2.24, 2.45) is 11.5 Å². The van der Waals surface area contributed by atoms with Crippen LogP contribution in [0, 0.1) is 6.92 Å². The Bertz CT molecular complexity index is 1190. The maximum absolute atomic E-state index is 12.7. The fourth-order valence-electron chi connectivity index (χ4n) is 4.32. The van der Waals surface area contributed by atoms with Gasteiger partial charge in [0.2, 0.25) is 5.91 Å². The number of nitrogens with two attached hydrogens (primary N) is 2. The van der Waals surface area contributed by atoms with Crippen LogP contribution in [-0.2, 0) is 16.0 Å². The lowest BCUT2D eigenvalue weighted by Gasteiger charge is -2.26. The molecule has 2 heterocycles. The third-order valence-corrected chi connectivity index (χ3v) is 6.18. The maximum atomic E-state index is 12.7. The van der Waals surface area contributed by atoms with Gasteiger partial charge in [-0.25, -0.2) is 0 Å². The van der Waals surface area contributed by atoms with Crippen molar-refractivity contribution in [3.05, 3.63) is 89.3 Å². The van der Waals surface area contributed by atoms with E-state index in [4.69, 9.17) is 20.9 Å². The van der Waals surface area contributed by atoms with E-state index in [-0.39, 0.29) is 17.9 Å². The van der Waals surface area contributed by atoms with Gasteiger partial charge < -0.3 is 31.2 Å². The molecule has 0 radical (unpaired) electrons. The van der Waals surface area contributed by atoms with E-state index in [1.165, 1.54) is 18.4 Å². The average Bonchev–Trinajstić information content (AvgIpc) is 3.33. The van der Waals surface area contributed by atoms with Crippen molar-refractivity contribution < 1.29 is 19.1 Å². The molecule has 1 fully saturated rings. The van der Waals surface area contributed by atoms with E-state index >= 15 is 0 Å². The Kier molecular flexibility index (Phi) is 8.07. The third-order valence-electron chi connectivity index (χ3n) is 6.18. The minimum absolute atomic E-state index is 0.0363. The highest BCUT2D eigenvalue weighted by atomic mass is 16.5. The molecule has 2 aliphatic rings. The van der Waals surface area contributed by atoms with Crippen LogP contribution in [0.5, 0.6) is 5.75 Å². The third kappa shape index (κ3) is 6.14. The van der Waals surface area contributed by atoms with Gasteiger partial charge >= 0.3 is 0 Å². The van der Waals surface area contributed by atoms with Crippen LogP contribution in [-0.4, -0.2) is 55.7 Å². The van der Waals surface area contributed by atoms with Gasteiger partial charge in [0.25, 0.3) is 5.91 Å². The van der Waals surface area contributed by atoms with Crippen molar-refractivity contribution in [1.82, 2.24) is 10.2 Å². The zero-order valence-electron chi connectivity index (χ0n) is 20.4. The first-order chi connectivity index (χ1) is 17.4. The second-order valence-corrected chi connectivity index (χ2v) is 8.84. The number of benzene rings is 2. The molecule has 2 aromatic rings. The first kappa shape index (κ1) is 25.1. The molecule has 8 nitrogen and oxygen atoms in total. The van der Waals surface area contributed by atoms with Crippen LogP contribution in [0.25, 0.3) is 11.1 Å².